The average Bonchev–Trinajstić information content (AvgIpc) is 3.39. The van der Waals surface area contributed by atoms with Gasteiger partial charge in [0, 0.05) is 16.4 Å². The molecule has 4 aromatic rings. The number of benzene rings is 2. The van der Waals surface area contributed by atoms with Crippen molar-refractivity contribution in [3.63, 3.8) is 0 Å². The van der Waals surface area contributed by atoms with Gasteiger partial charge >= 0.3 is 0 Å². The van der Waals surface area contributed by atoms with Crippen molar-refractivity contribution >= 4 is 38.9 Å². The normalized spacial score (nSPS) is 18.3. The lowest BCUT2D eigenvalue weighted by molar-refractivity contribution is 0.438. The van der Waals surface area contributed by atoms with E-state index in [0.717, 1.165) is 11.4 Å². The zero-order valence-corrected chi connectivity index (χ0v) is 18.6. The number of anilines is 1. The van der Waals surface area contributed by atoms with Crippen LogP contribution in [0.5, 0.6) is 0 Å². The van der Waals surface area contributed by atoms with Gasteiger partial charge in [-0.3, -0.25) is 4.98 Å². The second-order valence-electron chi connectivity index (χ2n) is 7.16. The van der Waals surface area contributed by atoms with E-state index < -0.39 is 0 Å². The maximum atomic E-state index is 14.5. The first-order valence-corrected chi connectivity index (χ1v) is 10.9. The molecule has 1 saturated heterocycles. The summed E-state index contributed by atoms with van der Waals surface area (Å²) in [5.74, 6) is 0.784. The van der Waals surface area contributed by atoms with Gasteiger partial charge in [-0.1, -0.05) is 40.2 Å². The highest BCUT2D eigenvalue weighted by molar-refractivity contribution is 9.10. The fraction of sp³-hybridized carbons (Fsp3) is 0.0833. The van der Waals surface area contributed by atoms with E-state index in [1.54, 1.807) is 24.4 Å². The van der Waals surface area contributed by atoms with Gasteiger partial charge in [0.1, 0.15) is 23.4 Å². The summed E-state index contributed by atoms with van der Waals surface area (Å²) >= 11 is 8.99. The molecule has 4 nitrogen and oxygen atoms in total. The molecule has 0 unspecified atom stereocenters. The fourth-order valence-electron chi connectivity index (χ4n) is 3.86. The summed E-state index contributed by atoms with van der Waals surface area (Å²) in [6.07, 6.45) is 1.76. The van der Waals surface area contributed by atoms with Crippen LogP contribution in [-0.2, 0) is 0 Å². The van der Waals surface area contributed by atoms with E-state index in [-0.39, 0.29) is 17.9 Å². The van der Waals surface area contributed by atoms with E-state index in [1.807, 2.05) is 59.5 Å². The van der Waals surface area contributed by atoms with Crippen LogP contribution >= 0.6 is 28.1 Å². The molecule has 0 radical (unpaired) electrons. The van der Waals surface area contributed by atoms with E-state index >= 15 is 0 Å². The number of hydrogen-bond donors (Lipinski definition) is 1. The molecule has 0 bridgehead atoms. The van der Waals surface area contributed by atoms with Crippen LogP contribution in [0.2, 0.25) is 0 Å². The minimum atomic E-state index is -0.350. The molecule has 0 saturated carbocycles. The van der Waals surface area contributed by atoms with E-state index in [4.69, 9.17) is 16.6 Å². The van der Waals surface area contributed by atoms with E-state index in [9.17, 15) is 4.39 Å². The third-order valence-corrected chi connectivity index (χ3v) is 6.06. The number of thiocarbonyl (C=S) groups is 1. The Balaban J connectivity index is 1.60. The van der Waals surface area contributed by atoms with Gasteiger partial charge in [0.25, 0.3) is 0 Å². The minimum Gasteiger partial charge on any atom is -0.459 e. The van der Waals surface area contributed by atoms with Crippen molar-refractivity contribution in [3.8, 4) is 11.3 Å². The van der Waals surface area contributed by atoms with Gasteiger partial charge in [-0.05, 0) is 66.8 Å². The van der Waals surface area contributed by atoms with Crippen LogP contribution < -0.4 is 10.2 Å². The largest absolute Gasteiger partial charge is 0.459 e. The van der Waals surface area contributed by atoms with E-state index in [2.05, 4.69) is 26.2 Å². The SMILES string of the molecule is Fc1cc(Br)ccc1-c1ccc([C@H]2[C@H](c3ccccn3)NC(=S)N2c2ccccc2)o1. The molecule has 2 aromatic heterocycles. The Hall–Kier alpha value is -3.03. The first-order chi connectivity index (χ1) is 15.1. The molecule has 5 rings (SSSR count). The molecule has 3 heterocycles. The summed E-state index contributed by atoms with van der Waals surface area (Å²) in [6.45, 7) is 0. The van der Waals surface area contributed by atoms with Crippen molar-refractivity contribution in [2.45, 2.75) is 12.1 Å². The first kappa shape index (κ1) is 19.9. The lowest BCUT2D eigenvalue weighted by atomic mass is 10.0. The molecule has 2 aromatic carbocycles. The Morgan fingerprint density at radius 2 is 1.81 bits per heavy atom. The number of pyridine rings is 1. The fourth-order valence-corrected chi connectivity index (χ4v) is 4.54. The quantitative estimate of drug-likeness (QED) is 0.332. The van der Waals surface area contributed by atoms with Gasteiger partial charge in [-0.25, -0.2) is 4.39 Å². The molecule has 1 N–H and O–H groups in total. The van der Waals surface area contributed by atoms with Crippen LogP contribution in [0.1, 0.15) is 23.5 Å². The van der Waals surface area contributed by atoms with Crippen molar-refractivity contribution in [3.05, 3.63) is 107 Å². The molecule has 1 fully saturated rings. The maximum absolute atomic E-state index is 14.5. The monoisotopic (exact) mass is 493 g/mol. The van der Waals surface area contributed by atoms with Gasteiger partial charge in [-0.2, -0.15) is 0 Å². The number of nitrogens with one attached hydrogen (secondary N) is 1. The van der Waals surface area contributed by atoms with Crippen molar-refractivity contribution in [2.75, 3.05) is 4.90 Å². The third-order valence-electron chi connectivity index (χ3n) is 5.25. The molecule has 154 valence electrons. The smallest absolute Gasteiger partial charge is 0.174 e. The van der Waals surface area contributed by atoms with Crippen molar-refractivity contribution < 1.29 is 8.81 Å². The summed E-state index contributed by atoms with van der Waals surface area (Å²) < 4.78 is 21.4. The Labute approximate surface area is 192 Å². The highest BCUT2D eigenvalue weighted by Gasteiger charge is 2.42. The topological polar surface area (TPSA) is 41.3 Å². The van der Waals surface area contributed by atoms with Crippen molar-refractivity contribution in [1.82, 2.24) is 10.3 Å². The van der Waals surface area contributed by atoms with Gasteiger partial charge in [0.2, 0.25) is 0 Å². The molecule has 1 aliphatic heterocycles. The summed E-state index contributed by atoms with van der Waals surface area (Å²) in [4.78, 5) is 6.56. The number of nitrogens with zero attached hydrogens (tertiary/aromatic N) is 2. The molecule has 2 atom stereocenters. The van der Waals surface area contributed by atoms with Crippen molar-refractivity contribution in [2.24, 2.45) is 0 Å². The molecule has 0 spiro atoms. The molecule has 31 heavy (non-hydrogen) atoms. The lowest BCUT2D eigenvalue weighted by Crippen LogP contribution is -2.29. The summed E-state index contributed by atoms with van der Waals surface area (Å²) in [5.41, 5.74) is 2.20. The number of halogens is 2. The number of aromatic nitrogens is 1. The van der Waals surface area contributed by atoms with E-state index in [1.165, 1.54) is 6.07 Å². The van der Waals surface area contributed by atoms with Crippen LogP contribution in [0.3, 0.4) is 0 Å². The Morgan fingerprint density at radius 1 is 1.00 bits per heavy atom. The Bertz CT molecular complexity index is 1230. The van der Waals surface area contributed by atoms with Crippen LogP contribution in [-0.4, -0.2) is 10.1 Å². The lowest BCUT2D eigenvalue weighted by Gasteiger charge is -2.26. The highest BCUT2D eigenvalue weighted by atomic mass is 79.9. The van der Waals surface area contributed by atoms with Gasteiger partial charge in [0.15, 0.2) is 5.11 Å². The van der Waals surface area contributed by atoms with Gasteiger partial charge in [0.05, 0.1) is 17.3 Å². The van der Waals surface area contributed by atoms with Crippen LogP contribution in [0, 0.1) is 5.82 Å². The third kappa shape index (κ3) is 3.75. The van der Waals surface area contributed by atoms with E-state index in [0.29, 0.717) is 26.7 Å². The zero-order valence-electron chi connectivity index (χ0n) is 16.2. The zero-order chi connectivity index (χ0) is 21.4. The molecular weight excluding hydrogens is 477 g/mol. The molecular formula is C24H17BrFN3OS. The number of para-hydroxylation sites is 1. The molecule has 0 aliphatic carbocycles. The Kier molecular flexibility index (Phi) is 5.29. The average molecular weight is 494 g/mol. The number of rotatable bonds is 4. The second-order valence-corrected chi connectivity index (χ2v) is 8.46. The second kappa shape index (κ2) is 8.24. The maximum Gasteiger partial charge on any atom is 0.174 e. The highest BCUT2D eigenvalue weighted by Crippen LogP contribution is 2.43. The molecule has 1 aliphatic rings. The van der Waals surface area contributed by atoms with Crippen LogP contribution in [0.25, 0.3) is 11.3 Å². The van der Waals surface area contributed by atoms with Gasteiger partial charge in [-0.15, -0.1) is 0 Å². The minimum absolute atomic E-state index is 0.220. The first-order valence-electron chi connectivity index (χ1n) is 9.72. The summed E-state index contributed by atoms with van der Waals surface area (Å²) in [6, 6.07) is 23.8. The van der Waals surface area contributed by atoms with Gasteiger partial charge < -0.3 is 14.6 Å². The predicted molar refractivity (Wildman–Crippen MR) is 126 cm³/mol. The summed E-state index contributed by atoms with van der Waals surface area (Å²) in [5, 5.41) is 3.97. The number of furan rings is 1. The molecule has 7 heteroatoms. The van der Waals surface area contributed by atoms with Crippen LogP contribution in [0.4, 0.5) is 10.1 Å². The standard InChI is InChI=1S/C24H17BrFN3OS/c25-15-9-10-17(18(26)14-15)20-11-12-21(30-20)23-22(19-8-4-5-13-27-19)28-24(31)29(23)16-6-2-1-3-7-16/h1-14,22-23H,(H,28,31)/t22-,23-/m0/s1. The molecule has 0 amide bonds. The summed E-state index contributed by atoms with van der Waals surface area (Å²) in [7, 11) is 0. The van der Waals surface area contributed by atoms with Crippen LogP contribution in [0.15, 0.2) is 93.9 Å². The predicted octanol–water partition coefficient (Wildman–Crippen LogP) is 6.42. The van der Waals surface area contributed by atoms with Crippen molar-refractivity contribution in [1.29, 1.82) is 0 Å². The number of hydrogen-bond acceptors (Lipinski definition) is 3. The Morgan fingerprint density at radius 3 is 2.55 bits per heavy atom.